The van der Waals surface area contributed by atoms with E-state index in [2.05, 4.69) is 0 Å². The third-order valence-corrected chi connectivity index (χ3v) is 15.9. The van der Waals surface area contributed by atoms with E-state index in [0.717, 1.165) is 0 Å². The molecule has 0 aromatic heterocycles. The summed E-state index contributed by atoms with van der Waals surface area (Å²) in [4.78, 5) is 0. The van der Waals surface area contributed by atoms with Gasteiger partial charge in [-0.05, 0) is 0 Å². The predicted molar refractivity (Wildman–Crippen MR) is 92.4 cm³/mol. The van der Waals surface area contributed by atoms with Crippen molar-refractivity contribution in [1.82, 2.24) is 0 Å². The van der Waals surface area contributed by atoms with Crippen molar-refractivity contribution in [3.05, 3.63) is 35.9 Å². The van der Waals surface area contributed by atoms with E-state index in [1.807, 2.05) is 41.5 Å². The fraction of sp³-hybridized carbons (Fsp3) is 0.647. The zero-order valence-electron chi connectivity index (χ0n) is 14.5. The molecule has 1 aliphatic heterocycles. The fourth-order valence-electron chi connectivity index (χ4n) is 3.63. The van der Waals surface area contributed by atoms with Gasteiger partial charge in [-0.2, -0.15) is 0 Å². The first kappa shape index (κ1) is 19.0. The summed E-state index contributed by atoms with van der Waals surface area (Å²) >= 11 is 7.07. The summed E-state index contributed by atoms with van der Waals surface area (Å²) < 4.78 is 47.9. The molecular weight excluding hydrogens is 344 g/mol. The maximum atomic E-state index is 14.0. The molecule has 1 atom stereocenters. The Kier molecular flexibility index (Phi) is 4.02. The van der Waals surface area contributed by atoms with Crippen LogP contribution in [0.1, 0.15) is 47.1 Å². The zero-order valence-corrected chi connectivity index (χ0v) is 16.1. The van der Waals surface area contributed by atoms with E-state index in [0.29, 0.717) is 0 Å². The van der Waals surface area contributed by atoms with Crippen LogP contribution in [-0.2, 0) is 10.1 Å². The molecule has 6 heteroatoms. The van der Waals surface area contributed by atoms with Gasteiger partial charge in [0.15, 0.2) is 0 Å². The molecule has 1 fully saturated rings. The van der Waals surface area contributed by atoms with Gasteiger partial charge < -0.3 is 0 Å². The number of hydrogen-bond acceptors (Lipinski definition) is 1. The van der Waals surface area contributed by atoms with Gasteiger partial charge in [0.1, 0.15) is 0 Å². The molecule has 1 aromatic carbocycles. The number of halogens is 4. The van der Waals surface area contributed by atoms with E-state index in [1.54, 1.807) is 18.2 Å². The van der Waals surface area contributed by atoms with Gasteiger partial charge in [-0.15, -0.1) is 0 Å². The van der Waals surface area contributed by atoms with Crippen LogP contribution in [0.3, 0.4) is 0 Å². The molecule has 23 heavy (non-hydrogen) atoms. The van der Waals surface area contributed by atoms with Gasteiger partial charge in [-0.3, -0.25) is 0 Å². The summed E-state index contributed by atoms with van der Waals surface area (Å²) in [6.45, 7) is 11.3. The second-order valence-corrected chi connectivity index (χ2v) is 15.9. The van der Waals surface area contributed by atoms with Crippen LogP contribution in [0.25, 0.3) is 0 Å². The molecular formula is C17H25ClF3OP. The minimum absolute atomic E-state index is 0.127. The number of alkyl halides is 3. The molecule has 0 amide bonds. The molecule has 0 radical (unpaired) electrons. The average molecular weight is 369 g/mol. The van der Waals surface area contributed by atoms with Crippen LogP contribution in [0, 0.1) is 0 Å². The number of hydrogen-bond donors (Lipinski definition) is 0. The van der Waals surface area contributed by atoms with Crippen LogP contribution in [-0.4, -0.2) is 22.7 Å². The second kappa shape index (κ2) is 4.86. The van der Waals surface area contributed by atoms with Crippen molar-refractivity contribution in [1.29, 1.82) is 0 Å². The Labute approximate surface area is 141 Å². The Morgan fingerprint density at radius 2 is 1.35 bits per heavy atom. The molecule has 1 aromatic rings. The Bertz CT molecular complexity index is 575. The van der Waals surface area contributed by atoms with E-state index in [-0.39, 0.29) is 11.7 Å². The van der Waals surface area contributed by atoms with E-state index in [9.17, 15) is 13.2 Å². The summed E-state index contributed by atoms with van der Waals surface area (Å²) in [5, 5.41) is -1.12. The van der Waals surface area contributed by atoms with Crippen molar-refractivity contribution >= 4 is 17.4 Å². The van der Waals surface area contributed by atoms with Crippen molar-refractivity contribution < 1.29 is 17.7 Å². The van der Waals surface area contributed by atoms with E-state index in [1.165, 1.54) is 12.1 Å². The monoisotopic (exact) mass is 368 g/mol. The molecule has 0 N–H and O–H groups in total. The van der Waals surface area contributed by atoms with Crippen molar-refractivity contribution in [2.75, 3.05) is 6.16 Å². The first-order valence-electron chi connectivity index (χ1n) is 7.65. The summed E-state index contributed by atoms with van der Waals surface area (Å²) in [7, 11) is 0. The first-order valence-corrected chi connectivity index (χ1v) is 10.9. The molecule has 0 aliphatic carbocycles. The van der Waals surface area contributed by atoms with Crippen LogP contribution in [0.2, 0.25) is 0 Å². The van der Waals surface area contributed by atoms with Crippen molar-refractivity contribution in [3.8, 4) is 0 Å². The van der Waals surface area contributed by atoms with Crippen LogP contribution < -0.4 is 0 Å². The standard InChI is InChI=1S/C17H25ClF3OP/c1-14(2,3)23(18,15(4,5)6)12-16(22-23,17(19,20)21)13-10-8-7-9-11-13/h7-11H,12H2,1-6H3. The topological polar surface area (TPSA) is 9.23 Å². The van der Waals surface area contributed by atoms with Crippen LogP contribution in [0.5, 0.6) is 0 Å². The Hall–Kier alpha value is -0.310. The summed E-state index contributed by atoms with van der Waals surface area (Å²) in [6, 6.07) is 7.83. The van der Waals surface area contributed by atoms with Crippen molar-refractivity contribution in [3.63, 3.8) is 0 Å². The van der Waals surface area contributed by atoms with Crippen molar-refractivity contribution in [2.45, 2.75) is 63.6 Å². The SMILES string of the molecule is CC(C)(C)P1(Cl)(C(C)(C)C)CC(c2ccccc2)(C(F)(F)F)O1. The molecule has 0 spiro atoms. The number of benzene rings is 1. The molecule has 1 aliphatic rings. The molecule has 1 saturated heterocycles. The fourth-order valence-corrected chi connectivity index (χ4v) is 9.99. The third kappa shape index (κ3) is 2.28. The normalized spacial score (nSPS) is 29.2. The van der Waals surface area contributed by atoms with Gasteiger partial charge in [0.2, 0.25) is 0 Å². The van der Waals surface area contributed by atoms with Gasteiger partial charge in [-0.25, -0.2) is 0 Å². The maximum absolute atomic E-state index is 14.0. The van der Waals surface area contributed by atoms with Gasteiger partial charge in [-0.1, -0.05) is 0 Å². The van der Waals surface area contributed by atoms with Gasteiger partial charge in [0, 0.05) is 0 Å². The van der Waals surface area contributed by atoms with Gasteiger partial charge in [0.05, 0.1) is 0 Å². The second-order valence-electron chi connectivity index (χ2n) is 8.38. The van der Waals surface area contributed by atoms with Gasteiger partial charge >= 0.3 is 141 Å². The van der Waals surface area contributed by atoms with E-state index in [4.69, 9.17) is 15.8 Å². The molecule has 132 valence electrons. The Balaban J connectivity index is 2.64. The molecule has 1 nitrogen and oxygen atoms in total. The van der Waals surface area contributed by atoms with Crippen LogP contribution in [0.4, 0.5) is 13.2 Å². The quantitative estimate of drug-likeness (QED) is 0.501. The predicted octanol–water partition coefficient (Wildman–Crippen LogP) is 6.69. The summed E-state index contributed by atoms with van der Waals surface area (Å²) in [5.41, 5.74) is -2.18. The summed E-state index contributed by atoms with van der Waals surface area (Å²) in [5.74, 6) is 0. The molecule has 0 saturated carbocycles. The minimum atomic E-state index is -4.51. The van der Waals surface area contributed by atoms with E-state index >= 15 is 0 Å². The van der Waals surface area contributed by atoms with Crippen LogP contribution in [0.15, 0.2) is 30.3 Å². The molecule has 1 unspecified atom stereocenters. The average Bonchev–Trinajstić information content (AvgIpc) is 2.31. The molecule has 0 bridgehead atoms. The Morgan fingerprint density at radius 3 is 1.65 bits per heavy atom. The number of rotatable bonds is 1. The van der Waals surface area contributed by atoms with Crippen LogP contribution >= 0.6 is 17.4 Å². The van der Waals surface area contributed by atoms with E-state index < -0.39 is 28.3 Å². The zero-order chi connectivity index (χ0) is 18.0. The first-order chi connectivity index (χ1) is 10.1. The van der Waals surface area contributed by atoms with Crippen molar-refractivity contribution in [2.24, 2.45) is 0 Å². The summed E-state index contributed by atoms with van der Waals surface area (Å²) in [6.07, 6.45) is -8.33. The van der Waals surface area contributed by atoms with Gasteiger partial charge in [0.25, 0.3) is 0 Å². The molecule has 1 heterocycles. The third-order valence-electron chi connectivity index (χ3n) is 5.22. The molecule has 2 rings (SSSR count). The Morgan fingerprint density at radius 1 is 0.957 bits per heavy atom.